The molecule has 26 heavy (non-hydrogen) atoms. The van der Waals surface area contributed by atoms with Crippen molar-refractivity contribution in [2.75, 3.05) is 17.6 Å². The number of ketones is 1. The highest BCUT2D eigenvalue weighted by atomic mass is 32.2. The van der Waals surface area contributed by atoms with Crippen molar-refractivity contribution in [2.24, 2.45) is 0 Å². The maximum atomic E-state index is 12.3. The van der Waals surface area contributed by atoms with Crippen LogP contribution in [0.25, 0.3) is 0 Å². The number of ether oxygens (including phenoxy) is 2. The topological polar surface area (TPSA) is 98.8 Å². The van der Waals surface area contributed by atoms with Gasteiger partial charge in [0.1, 0.15) is 5.75 Å². The van der Waals surface area contributed by atoms with Crippen LogP contribution in [0.1, 0.15) is 17.3 Å². The van der Waals surface area contributed by atoms with Crippen LogP contribution < -0.4 is 9.46 Å². The summed E-state index contributed by atoms with van der Waals surface area (Å²) in [5.74, 6) is -0.536. The van der Waals surface area contributed by atoms with E-state index < -0.39 is 27.9 Å². The molecular formula is C18H19NO6S. The number of para-hydroxylation sites is 1. The molecule has 0 spiro atoms. The van der Waals surface area contributed by atoms with E-state index in [1.54, 1.807) is 24.3 Å². The zero-order valence-corrected chi connectivity index (χ0v) is 15.2. The lowest BCUT2D eigenvalue weighted by molar-refractivity contribution is -0.148. The molecule has 0 aromatic heterocycles. The van der Waals surface area contributed by atoms with Gasteiger partial charge >= 0.3 is 5.97 Å². The van der Waals surface area contributed by atoms with E-state index in [4.69, 9.17) is 9.47 Å². The van der Waals surface area contributed by atoms with Crippen LogP contribution in [-0.4, -0.2) is 39.1 Å². The fourth-order valence-electron chi connectivity index (χ4n) is 2.10. The number of anilines is 1. The summed E-state index contributed by atoms with van der Waals surface area (Å²) >= 11 is 0. The molecule has 138 valence electrons. The monoisotopic (exact) mass is 377 g/mol. The molecule has 7 nitrogen and oxygen atoms in total. The average molecular weight is 377 g/mol. The molecule has 0 heterocycles. The summed E-state index contributed by atoms with van der Waals surface area (Å²) in [4.78, 5) is 24.1. The number of Topliss-reactive ketones (excluding diaryl/α,β-unsaturated/α-hetero) is 1. The first-order valence-electron chi connectivity index (χ1n) is 7.74. The smallest absolute Gasteiger partial charge is 0.344 e. The van der Waals surface area contributed by atoms with E-state index in [9.17, 15) is 18.0 Å². The van der Waals surface area contributed by atoms with Gasteiger partial charge in [-0.2, -0.15) is 0 Å². The van der Waals surface area contributed by atoms with Gasteiger partial charge in [0.15, 0.2) is 12.7 Å². The van der Waals surface area contributed by atoms with Gasteiger partial charge in [0.05, 0.1) is 6.26 Å². The molecule has 0 aliphatic heterocycles. The van der Waals surface area contributed by atoms with E-state index in [0.717, 1.165) is 6.26 Å². The average Bonchev–Trinajstić information content (AvgIpc) is 2.59. The highest BCUT2D eigenvalue weighted by Crippen LogP contribution is 2.14. The maximum Gasteiger partial charge on any atom is 0.344 e. The molecule has 0 fully saturated rings. The lowest BCUT2D eigenvalue weighted by atomic mass is 10.1. The van der Waals surface area contributed by atoms with E-state index >= 15 is 0 Å². The van der Waals surface area contributed by atoms with Crippen molar-refractivity contribution in [3.8, 4) is 5.75 Å². The molecule has 1 N–H and O–H groups in total. The van der Waals surface area contributed by atoms with Crippen LogP contribution in [-0.2, 0) is 19.6 Å². The molecule has 0 saturated heterocycles. The SMILES string of the molecule is C[C@@H](OC(=O)COc1ccccc1)C(=O)c1ccc(NS(C)(=O)=O)cc1. The van der Waals surface area contributed by atoms with E-state index in [-0.39, 0.29) is 6.61 Å². The highest BCUT2D eigenvalue weighted by molar-refractivity contribution is 7.92. The van der Waals surface area contributed by atoms with Crippen LogP contribution in [0.15, 0.2) is 54.6 Å². The zero-order valence-electron chi connectivity index (χ0n) is 14.3. The van der Waals surface area contributed by atoms with Crippen LogP contribution >= 0.6 is 0 Å². The normalized spacial score (nSPS) is 12.1. The number of sulfonamides is 1. The van der Waals surface area contributed by atoms with Crippen LogP contribution in [0, 0.1) is 0 Å². The second kappa shape index (κ2) is 8.48. The van der Waals surface area contributed by atoms with E-state index in [2.05, 4.69) is 4.72 Å². The third-order valence-electron chi connectivity index (χ3n) is 3.25. The minimum absolute atomic E-state index is 0.299. The first-order chi connectivity index (χ1) is 12.2. The number of carbonyl (C=O) groups is 2. The molecule has 0 amide bonds. The number of esters is 1. The van der Waals surface area contributed by atoms with Crippen LogP contribution in [0.3, 0.4) is 0 Å². The fourth-order valence-corrected chi connectivity index (χ4v) is 2.66. The van der Waals surface area contributed by atoms with Crippen molar-refractivity contribution in [2.45, 2.75) is 13.0 Å². The molecular weight excluding hydrogens is 358 g/mol. The molecule has 0 radical (unpaired) electrons. The van der Waals surface area contributed by atoms with Gasteiger partial charge in [-0.25, -0.2) is 13.2 Å². The Morgan fingerprint density at radius 2 is 1.65 bits per heavy atom. The van der Waals surface area contributed by atoms with Crippen LogP contribution in [0.2, 0.25) is 0 Å². The predicted molar refractivity (Wildman–Crippen MR) is 96.7 cm³/mol. The lowest BCUT2D eigenvalue weighted by Crippen LogP contribution is -2.27. The van der Waals surface area contributed by atoms with Crippen molar-refractivity contribution in [3.63, 3.8) is 0 Å². The Labute approximate surface area is 152 Å². The van der Waals surface area contributed by atoms with Gasteiger partial charge in [-0.15, -0.1) is 0 Å². The van der Waals surface area contributed by atoms with Crippen LogP contribution in [0.4, 0.5) is 5.69 Å². The van der Waals surface area contributed by atoms with Crippen molar-refractivity contribution < 1.29 is 27.5 Å². The van der Waals surface area contributed by atoms with Crippen molar-refractivity contribution in [3.05, 3.63) is 60.2 Å². The molecule has 0 saturated carbocycles. The van der Waals surface area contributed by atoms with Crippen molar-refractivity contribution in [1.82, 2.24) is 0 Å². The van der Waals surface area contributed by atoms with Gasteiger partial charge in [-0.1, -0.05) is 18.2 Å². The quantitative estimate of drug-likeness (QED) is 0.560. The number of rotatable bonds is 8. The zero-order chi connectivity index (χ0) is 19.2. The standard InChI is InChI=1S/C18H19NO6S/c1-13(25-17(20)12-24-16-6-4-3-5-7-16)18(21)14-8-10-15(11-9-14)19-26(2,22)23/h3-11,13,19H,12H2,1-2H3/t13-/m1/s1. The summed E-state index contributed by atoms with van der Waals surface area (Å²) in [6.45, 7) is 1.16. The van der Waals surface area contributed by atoms with Gasteiger partial charge in [-0.05, 0) is 43.3 Å². The van der Waals surface area contributed by atoms with Gasteiger partial charge in [0.25, 0.3) is 0 Å². The van der Waals surface area contributed by atoms with Gasteiger partial charge in [0.2, 0.25) is 15.8 Å². The predicted octanol–water partition coefficient (Wildman–Crippen LogP) is 2.25. The van der Waals surface area contributed by atoms with Crippen LogP contribution in [0.5, 0.6) is 5.75 Å². The van der Waals surface area contributed by atoms with Gasteiger partial charge in [0, 0.05) is 11.3 Å². The highest BCUT2D eigenvalue weighted by Gasteiger charge is 2.20. The first-order valence-corrected chi connectivity index (χ1v) is 9.63. The molecule has 2 aromatic rings. The van der Waals surface area contributed by atoms with Crippen molar-refractivity contribution in [1.29, 1.82) is 0 Å². The fraction of sp³-hybridized carbons (Fsp3) is 0.222. The Balaban J connectivity index is 1.89. The summed E-state index contributed by atoms with van der Waals surface area (Å²) in [7, 11) is -3.39. The van der Waals surface area contributed by atoms with Gasteiger partial charge in [-0.3, -0.25) is 9.52 Å². The summed E-state index contributed by atoms with van der Waals surface area (Å²) < 4.78 is 35.0. The van der Waals surface area contributed by atoms with E-state index in [1.165, 1.54) is 31.2 Å². The Bertz CT molecular complexity index is 862. The van der Waals surface area contributed by atoms with Gasteiger partial charge < -0.3 is 9.47 Å². The maximum absolute atomic E-state index is 12.3. The Kier molecular flexibility index (Phi) is 6.35. The lowest BCUT2D eigenvalue weighted by Gasteiger charge is -2.13. The third-order valence-corrected chi connectivity index (χ3v) is 3.86. The second-order valence-electron chi connectivity index (χ2n) is 5.55. The molecule has 0 aliphatic rings. The molecule has 2 aromatic carbocycles. The Morgan fingerprint density at radius 3 is 2.23 bits per heavy atom. The summed E-state index contributed by atoms with van der Waals surface area (Å²) in [5.41, 5.74) is 0.637. The Morgan fingerprint density at radius 1 is 1.04 bits per heavy atom. The van der Waals surface area contributed by atoms with Crippen molar-refractivity contribution >= 4 is 27.5 Å². The number of nitrogens with one attached hydrogen (secondary N) is 1. The minimum atomic E-state index is -3.39. The molecule has 1 atom stereocenters. The largest absolute Gasteiger partial charge is 0.482 e. The van der Waals surface area contributed by atoms with E-state index in [0.29, 0.717) is 17.0 Å². The number of hydrogen-bond donors (Lipinski definition) is 1. The second-order valence-corrected chi connectivity index (χ2v) is 7.30. The molecule has 0 bridgehead atoms. The number of benzene rings is 2. The summed E-state index contributed by atoms with van der Waals surface area (Å²) in [6.07, 6.45) is 0.0426. The molecule has 8 heteroatoms. The Hall–Kier alpha value is -2.87. The summed E-state index contributed by atoms with van der Waals surface area (Å²) in [5, 5.41) is 0. The van der Waals surface area contributed by atoms with E-state index in [1.807, 2.05) is 6.07 Å². The first kappa shape index (κ1) is 19.5. The molecule has 2 rings (SSSR count). The molecule has 0 aliphatic carbocycles. The number of carbonyl (C=O) groups excluding carboxylic acids is 2. The summed E-state index contributed by atoms with van der Waals surface area (Å²) in [6, 6.07) is 14.6. The minimum Gasteiger partial charge on any atom is -0.482 e. The molecule has 0 unspecified atom stereocenters. The number of hydrogen-bond acceptors (Lipinski definition) is 6. The third kappa shape index (κ3) is 6.21.